The molecule has 0 spiro atoms. The van der Waals surface area contributed by atoms with Gasteiger partial charge in [0.15, 0.2) is 5.13 Å². The third-order valence-corrected chi connectivity index (χ3v) is 4.10. The maximum atomic E-state index is 13.6. The van der Waals surface area contributed by atoms with E-state index in [4.69, 9.17) is 4.74 Å². The minimum atomic E-state index is -0.971. The number of ether oxygens (including phenoxy) is 1. The Balaban J connectivity index is 1.85. The number of carbonyl (C=O) groups excluding carboxylic acids is 1. The molecule has 1 N–H and O–H groups in total. The summed E-state index contributed by atoms with van der Waals surface area (Å²) in [4.78, 5) is 16.3. The Kier molecular flexibility index (Phi) is 4.71. The topological polar surface area (TPSA) is 51.2 Å². The summed E-state index contributed by atoms with van der Waals surface area (Å²) in [6.45, 7) is 0. The summed E-state index contributed by atoms with van der Waals surface area (Å²) in [6, 6.07) is 6.65. The normalized spacial score (nSPS) is 10.6. The molecule has 128 valence electrons. The SMILES string of the molecule is COc1ccc(F)cc1-c1csc(NC(=O)c2ccc(F)cc2F)n1. The second kappa shape index (κ2) is 6.94. The summed E-state index contributed by atoms with van der Waals surface area (Å²) >= 11 is 1.08. The van der Waals surface area contributed by atoms with Gasteiger partial charge < -0.3 is 4.74 Å². The van der Waals surface area contributed by atoms with Crippen LogP contribution in [0, 0.1) is 17.5 Å². The van der Waals surface area contributed by atoms with Crippen molar-refractivity contribution in [2.45, 2.75) is 0 Å². The predicted octanol–water partition coefficient (Wildman–Crippen LogP) is 4.49. The van der Waals surface area contributed by atoms with Gasteiger partial charge in [-0.15, -0.1) is 11.3 Å². The molecule has 0 radical (unpaired) electrons. The lowest BCUT2D eigenvalue weighted by atomic mass is 10.1. The van der Waals surface area contributed by atoms with Crippen molar-refractivity contribution in [3.05, 3.63) is 64.8 Å². The molecule has 0 saturated carbocycles. The monoisotopic (exact) mass is 364 g/mol. The largest absolute Gasteiger partial charge is 0.496 e. The van der Waals surface area contributed by atoms with Crippen LogP contribution >= 0.6 is 11.3 Å². The number of nitrogens with one attached hydrogen (secondary N) is 1. The van der Waals surface area contributed by atoms with Crippen molar-refractivity contribution in [2.75, 3.05) is 12.4 Å². The van der Waals surface area contributed by atoms with Gasteiger partial charge >= 0.3 is 0 Å². The quantitative estimate of drug-likeness (QED) is 0.742. The first-order valence-electron chi connectivity index (χ1n) is 7.04. The van der Waals surface area contributed by atoms with E-state index in [1.165, 1.54) is 25.3 Å². The third kappa shape index (κ3) is 3.63. The number of methoxy groups -OCH3 is 1. The molecule has 1 amide bonds. The molecule has 3 rings (SSSR count). The molecular weight excluding hydrogens is 353 g/mol. The van der Waals surface area contributed by atoms with Crippen molar-refractivity contribution in [3.8, 4) is 17.0 Å². The zero-order chi connectivity index (χ0) is 18.0. The molecule has 2 aromatic carbocycles. The summed E-state index contributed by atoms with van der Waals surface area (Å²) < 4.78 is 45.2. The van der Waals surface area contributed by atoms with Gasteiger partial charge in [-0.3, -0.25) is 10.1 Å². The minimum Gasteiger partial charge on any atom is -0.496 e. The highest BCUT2D eigenvalue weighted by molar-refractivity contribution is 7.14. The van der Waals surface area contributed by atoms with Crippen LogP contribution in [0.3, 0.4) is 0 Å². The van der Waals surface area contributed by atoms with Crippen LogP contribution < -0.4 is 10.1 Å². The van der Waals surface area contributed by atoms with Crippen LogP contribution in [0.25, 0.3) is 11.3 Å². The second-order valence-electron chi connectivity index (χ2n) is 4.96. The van der Waals surface area contributed by atoms with Crippen molar-refractivity contribution in [1.82, 2.24) is 4.98 Å². The van der Waals surface area contributed by atoms with E-state index < -0.39 is 23.4 Å². The highest BCUT2D eigenvalue weighted by atomic mass is 32.1. The van der Waals surface area contributed by atoms with E-state index in [2.05, 4.69) is 10.3 Å². The first-order chi connectivity index (χ1) is 12.0. The summed E-state index contributed by atoms with van der Waals surface area (Å²) in [5.41, 5.74) is 0.518. The number of anilines is 1. The van der Waals surface area contributed by atoms with Crippen LogP contribution in [-0.2, 0) is 0 Å². The van der Waals surface area contributed by atoms with Crippen LogP contribution in [0.4, 0.5) is 18.3 Å². The molecule has 0 aliphatic rings. The first kappa shape index (κ1) is 17.0. The maximum Gasteiger partial charge on any atom is 0.260 e. The minimum absolute atomic E-state index is 0.190. The second-order valence-corrected chi connectivity index (χ2v) is 5.82. The lowest BCUT2D eigenvalue weighted by molar-refractivity contribution is 0.102. The van der Waals surface area contributed by atoms with E-state index in [9.17, 15) is 18.0 Å². The van der Waals surface area contributed by atoms with Crippen LogP contribution in [0.1, 0.15) is 10.4 Å². The van der Waals surface area contributed by atoms with Crippen molar-refractivity contribution < 1.29 is 22.7 Å². The number of thiazole rings is 1. The number of benzene rings is 2. The average molecular weight is 364 g/mol. The van der Waals surface area contributed by atoms with Crippen LogP contribution in [-0.4, -0.2) is 18.0 Å². The van der Waals surface area contributed by atoms with Gasteiger partial charge in [0.25, 0.3) is 5.91 Å². The predicted molar refractivity (Wildman–Crippen MR) is 88.4 cm³/mol. The zero-order valence-electron chi connectivity index (χ0n) is 12.8. The molecule has 25 heavy (non-hydrogen) atoms. The van der Waals surface area contributed by atoms with Gasteiger partial charge in [-0.2, -0.15) is 0 Å². The lowest BCUT2D eigenvalue weighted by Crippen LogP contribution is -2.13. The third-order valence-electron chi connectivity index (χ3n) is 3.34. The van der Waals surface area contributed by atoms with Gasteiger partial charge in [0.1, 0.15) is 23.2 Å². The smallest absolute Gasteiger partial charge is 0.260 e. The number of hydrogen-bond donors (Lipinski definition) is 1. The molecule has 0 unspecified atom stereocenters. The lowest BCUT2D eigenvalue weighted by Gasteiger charge is -2.06. The molecule has 0 aliphatic heterocycles. The van der Waals surface area contributed by atoms with Crippen molar-refractivity contribution in [3.63, 3.8) is 0 Å². The standard InChI is InChI=1S/C17H11F3N2O2S/c1-24-15-5-3-9(18)6-12(15)14-8-25-17(21-14)22-16(23)11-4-2-10(19)7-13(11)20/h2-8H,1H3,(H,21,22,23). The summed E-state index contributed by atoms with van der Waals surface area (Å²) in [7, 11) is 1.45. The van der Waals surface area contributed by atoms with Gasteiger partial charge in [0, 0.05) is 17.0 Å². The fraction of sp³-hybridized carbons (Fsp3) is 0.0588. The number of carbonyl (C=O) groups is 1. The number of amides is 1. The van der Waals surface area contributed by atoms with Crippen LogP contribution in [0.2, 0.25) is 0 Å². The number of hydrogen-bond acceptors (Lipinski definition) is 4. The molecule has 4 nitrogen and oxygen atoms in total. The molecule has 3 aromatic rings. The molecular formula is C17H11F3N2O2S. The Morgan fingerprint density at radius 3 is 2.56 bits per heavy atom. The van der Waals surface area contributed by atoms with Gasteiger partial charge in [0.05, 0.1) is 18.4 Å². The molecule has 0 atom stereocenters. The molecule has 0 fully saturated rings. The highest BCUT2D eigenvalue weighted by Gasteiger charge is 2.16. The Morgan fingerprint density at radius 2 is 1.84 bits per heavy atom. The number of halogens is 3. The Labute approximate surface area is 144 Å². The zero-order valence-corrected chi connectivity index (χ0v) is 13.7. The molecule has 0 bridgehead atoms. The summed E-state index contributed by atoms with van der Waals surface area (Å²) in [5.74, 6) is -2.54. The summed E-state index contributed by atoms with van der Waals surface area (Å²) in [5, 5.41) is 4.23. The van der Waals surface area contributed by atoms with Crippen LogP contribution in [0.5, 0.6) is 5.75 Å². The number of rotatable bonds is 4. The average Bonchev–Trinajstić information content (AvgIpc) is 3.03. The van der Waals surface area contributed by atoms with E-state index in [1.807, 2.05) is 0 Å². The highest BCUT2D eigenvalue weighted by Crippen LogP contribution is 2.32. The van der Waals surface area contributed by atoms with Crippen molar-refractivity contribution >= 4 is 22.4 Å². The molecule has 1 heterocycles. The maximum absolute atomic E-state index is 13.6. The van der Waals surface area contributed by atoms with Crippen molar-refractivity contribution in [1.29, 1.82) is 0 Å². The number of aromatic nitrogens is 1. The molecule has 8 heteroatoms. The van der Waals surface area contributed by atoms with E-state index in [0.29, 0.717) is 23.1 Å². The van der Waals surface area contributed by atoms with Gasteiger partial charge in [-0.25, -0.2) is 18.2 Å². The first-order valence-corrected chi connectivity index (χ1v) is 7.91. The molecule has 0 saturated heterocycles. The van der Waals surface area contributed by atoms with Crippen LogP contribution in [0.15, 0.2) is 41.8 Å². The van der Waals surface area contributed by atoms with E-state index in [-0.39, 0.29) is 10.7 Å². The molecule has 1 aromatic heterocycles. The van der Waals surface area contributed by atoms with Crippen molar-refractivity contribution in [2.24, 2.45) is 0 Å². The number of nitrogens with zero attached hydrogens (tertiary/aromatic N) is 1. The fourth-order valence-corrected chi connectivity index (χ4v) is 2.88. The Hall–Kier alpha value is -2.87. The van der Waals surface area contributed by atoms with E-state index in [1.54, 1.807) is 5.38 Å². The van der Waals surface area contributed by atoms with E-state index >= 15 is 0 Å². The fourth-order valence-electron chi connectivity index (χ4n) is 2.17. The summed E-state index contributed by atoms with van der Waals surface area (Å²) in [6.07, 6.45) is 0. The van der Waals surface area contributed by atoms with Gasteiger partial charge in [-0.1, -0.05) is 0 Å². The Morgan fingerprint density at radius 1 is 1.12 bits per heavy atom. The van der Waals surface area contributed by atoms with E-state index in [0.717, 1.165) is 23.5 Å². The van der Waals surface area contributed by atoms with Gasteiger partial charge in [-0.05, 0) is 30.3 Å². The van der Waals surface area contributed by atoms with Gasteiger partial charge in [0.2, 0.25) is 0 Å². The molecule has 0 aliphatic carbocycles. The Bertz CT molecular complexity index is 943.